The van der Waals surface area contributed by atoms with E-state index in [9.17, 15) is 18.0 Å². The van der Waals surface area contributed by atoms with Crippen molar-refractivity contribution in [2.24, 2.45) is 0 Å². The first-order valence-corrected chi connectivity index (χ1v) is 7.72. The zero-order valence-corrected chi connectivity index (χ0v) is 13.2. The largest absolute Gasteiger partial charge is 0.464 e. The number of carbonyl (C=O) groups is 1. The molecule has 2 N–H and O–H groups in total. The van der Waals surface area contributed by atoms with Gasteiger partial charge >= 0.3 is 5.97 Å². The first kappa shape index (κ1) is 16.6. The molecule has 0 aliphatic rings. The predicted molar refractivity (Wildman–Crippen MR) is 77.6 cm³/mol. The number of nitrogens with one attached hydrogen (secondary N) is 1. The van der Waals surface area contributed by atoms with Crippen molar-refractivity contribution < 1.29 is 22.5 Å². The molecule has 22 heavy (non-hydrogen) atoms. The number of aromatic nitrogens is 2. The number of ether oxygens (including phenoxy) is 1. The second kappa shape index (κ2) is 5.76. The van der Waals surface area contributed by atoms with Gasteiger partial charge in [0.05, 0.1) is 22.8 Å². The van der Waals surface area contributed by atoms with Crippen LogP contribution in [0.3, 0.4) is 0 Å². The van der Waals surface area contributed by atoms with Crippen molar-refractivity contribution in [3.8, 4) is 5.69 Å². The number of rotatable bonds is 3. The minimum absolute atomic E-state index is 0.000722. The Morgan fingerprint density at radius 2 is 1.91 bits per heavy atom. The van der Waals surface area contributed by atoms with Crippen molar-refractivity contribution in [1.29, 1.82) is 0 Å². The van der Waals surface area contributed by atoms with Gasteiger partial charge in [0, 0.05) is 6.07 Å². The van der Waals surface area contributed by atoms with E-state index in [1.54, 1.807) is 0 Å². The van der Waals surface area contributed by atoms with Crippen LogP contribution in [0.25, 0.3) is 5.69 Å². The number of aromatic amines is 1. The van der Waals surface area contributed by atoms with Gasteiger partial charge < -0.3 is 4.74 Å². The SMILES string of the molecule is COC(=O)c1cc(=O)n(-c2cc(Cl)c(S(=O)(=O)O)cc2Cl)[nH]1. The predicted octanol–water partition coefficient (Wildman–Crippen LogP) is 1.51. The summed E-state index contributed by atoms with van der Waals surface area (Å²) in [5.74, 6) is -0.771. The number of halogens is 2. The average molecular weight is 367 g/mol. The summed E-state index contributed by atoms with van der Waals surface area (Å²) in [6.45, 7) is 0. The molecule has 0 saturated carbocycles. The molecule has 2 aromatic rings. The molecular formula is C11H8Cl2N2O6S. The Labute approximate surface area is 133 Å². The third kappa shape index (κ3) is 3.02. The highest BCUT2D eigenvalue weighted by Crippen LogP contribution is 2.30. The average Bonchev–Trinajstić information content (AvgIpc) is 2.80. The summed E-state index contributed by atoms with van der Waals surface area (Å²) in [6, 6.07) is 2.93. The Morgan fingerprint density at radius 3 is 2.45 bits per heavy atom. The van der Waals surface area contributed by atoms with Crippen molar-refractivity contribution in [2.75, 3.05) is 7.11 Å². The topological polar surface area (TPSA) is 118 Å². The Bertz CT molecular complexity index is 915. The number of methoxy groups -OCH3 is 1. The molecule has 0 atom stereocenters. The molecule has 2 rings (SSSR count). The van der Waals surface area contributed by atoms with E-state index in [1.165, 1.54) is 0 Å². The molecule has 0 amide bonds. The molecule has 1 aromatic heterocycles. The van der Waals surface area contributed by atoms with E-state index in [0.29, 0.717) is 0 Å². The van der Waals surface area contributed by atoms with Crippen molar-refractivity contribution in [3.63, 3.8) is 0 Å². The zero-order chi connectivity index (χ0) is 16.7. The van der Waals surface area contributed by atoms with Crippen LogP contribution >= 0.6 is 23.2 Å². The lowest BCUT2D eigenvalue weighted by Gasteiger charge is -2.08. The Balaban J connectivity index is 2.65. The second-order valence-corrected chi connectivity index (χ2v) is 6.25. The Morgan fingerprint density at radius 1 is 1.27 bits per heavy atom. The van der Waals surface area contributed by atoms with Crippen molar-refractivity contribution in [3.05, 3.63) is 44.3 Å². The lowest BCUT2D eigenvalue weighted by atomic mass is 10.3. The first-order chi connectivity index (χ1) is 10.1. The molecule has 8 nitrogen and oxygen atoms in total. The van der Waals surface area contributed by atoms with Gasteiger partial charge in [-0.15, -0.1) is 0 Å². The molecule has 0 fully saturated rings. The molecule has 0 saturated heterocycles. The third-order valence-corrected chi connectivity index (χ3v) is 4.27. The maximum absolute atomic E-state index is 11.9. The fraction of sp³-hybridized carbons (Fsp3) is 0.0909. The van der Waals surface area contributed by atoms with Gasteiger partial charge in [0.15, 0.2) is 0 Å². The fourth-order valence-electron chi connectivity index (χ4n) is 1.68. The minimum Gasteiger partial charge on any atom is -0.464 e. The number of nitrogens with zero attached hydrogens (tertiary/aromatic N) is 1. The Kier molecular flexibility index (Phi) is 4.34. The quantitative estimate of drug-likeness (QED) is 0.627. The number of carbonyl (C=O) groups excluding carboxylic acids is 1. The second-order valence-electron chi connectivity index (χ2n) is 4.04. The Hall–Kier alpha value is -1.81. The maximum Gasteiger partial charge on any atom is 0.356 e. The van der Waals surface area contributed by atoms with E-state index in [-0.39, 0.29) is 21.4 Å². The third-order valence-electron chi connectivity index (χ3n) is 2.65. The lowest BCUT2D eigenvalue weighted by Crippen LogP contribution is -2.14. The standard InChI is InChI=1S/C11H8Cl2N2O6S/c1-21-11(17)7-4-10(16)15(14-7)8-2-6(13)9(3-5(8)12)22(18,19)20/h2-4,14H,1H3,(H,18,19,20). The highest BCUT2D eigenvalue weighted by molar-refractivity contribution is 7.86. The van der Waals surface area contributed by atoms with Crippen molar-refractivity contribution in [2.45, 2.75) is 4.90 Å². The first-order valence-electron chi connectivity index (χ1n) is 5.52. The molecule has 0 spiro atoms. The fourth-order valence-corrected chi connectivity index (χ4v) is 3.01. The van der Waals surface area contributed by atoms with Crippen LogP contribution in [0.15, 0.2) is 27.9 Å². The summed E-state index contributed by atoms with van der Waals surface area (Å²) < 4.78 is 36.6. The monoisotopic (exact) mass is 366 g/mol. The van der Waals surface area contributed by atoms with Gasteiger partial charge in [0.1, 0.15) is 10.6 Å². The van der Waals surface area contributed by atoms with Gasteiger partial charge in [-0.3, -0.25) is 14.4 Å². The van der Waals surface area contributed by atoms with E-state index < -0.39 is 26.5 Å². The van der Waals surface area contributed by atoms with E-state index >= 15 is 0 Å². The zero-order valence-electron chi connectivity index (χ0n) is 10.8. The van der Waals surface area contributed by atoms with Crippen LogP contribution in [-0.4, -0.2) is 35.8 Å². The van der Waals surface area contributed by atoms with Crippen LogP contribution in [-0.2, 0) is 14.9 Å². The molecule has 0 radical (unpaired) electrons. The highest BCUT2D eigenvalue weighted by Gasteiger charge is 2.20. The van der Waals surface area contributed by atoms with E-state index in [1.807, 2.05) is 0 Å². The maximum atomic E-state index is 11.9. The van der Waals surface area contributed by atoms with Crippen LogP contribution in [0.1, 0.15) is 10.5 Å². The molecule has 0 aliphatic carbocycles. The van der Waals surface area contributed by atoms with Gasteiger partial charge in [0.25, 0.3) is 15.7 Å². The van der Waals surface area contributed by atoms with Gasteiger partial charge in [-0.1, -0.05) is 23.2 Å². The van der Waals surface area contributed by atoms with Crippen LogP contribution in [0, 0.1) is 0 Å². The molecule has 1 aromatic carbocycles. The summed E-state index contributed by atoms with van der Waals surface area (Å²) >= 11 is 11.7. The van der Waals surface area contributed by atoms with Crippen LogP contribution in [0.2, 0.25) is 10.0 Å². The molecule has 1 heterocycles. The van der Waals surface area contributed by atoms with Crippen LogP contribution in [0.5, 0.6) is 0 Å². The molecular weight excluding hydrogens is 359 g/mol. The molecule has 0 bridgehead atoms. The summed E-state index contributed by atoms with van der Waals surface area (Å²) in [7, 11) is -3.42. The highest BCUT2D eigenvalue weighted by atomic mass is 35.5. The molecule has 0 aliphatic heterocycles. The van der Waals surface area contributed by atoms with Crippen molar-refractivity contribution >= 4 is 39.3 Å². The number of hydrogen-bond acceptors (Lipinski definition) is 5. The van der Waals surface area contributed by atoms with Crippen molar-refractivity contribution in [1.82, 2.24) is 9.78 Å². The minimum atomic E-state index is -4.57. The number of benzene rings is 1. The summed E-state index contributed by atoms with van der Waals surface area (Å²) in [6.07, 6.45) is 0. The van der Waals surface area contributed by atoms with Crippen LogP contribution in [0.4, 0.5) is 0 Å². The smallest absolute Gasteiger partial charge is 0.356 e. The van der Waals surface area contributed by atoms with Crippen LogP contribution < -0.4 is 5.56 Å². The number of H-pyrrole nitrogens is 1. The van der Waals surface area contributed by atoms with E-state index in [0.717, 1.165) is 30.0 Å². The molecule has 118 valence electrons. The van der Waals surface area contributed by atoms with Gasteiger partial charge in [-0.05, 0) is 12.1 Å². The molecule has 11 heteroatoms. The summed E-state index contributed by atoms with van der Waals surface area (Å²) in [4.78, 5) is 22.6. The summed E-state index contributed by atoms with van der Waals surface area (Å²) in [5, 5.41) is 1.92. The molecule has 0 unspecified atom stereocenters. The number of hydrogen-bond donors (Lipinski definition) is 2. The normalized spacial score (nSPS) is 11.5. The van der Waals surface area contributed by atoms with Gasteiger partial charge in [-0.25, -0.2) is 9.48 Å². The van der Waals surface area contributed by atoms with E-state index in [2.05, 4.69) is 9.84 Å². The number of esters is 1. The van der Waals surface area contributed by atoms with Gasteiger partial charge in [-0.2, -0.15) is 8.42 Å². The van der Waals surface area contributed by atoms with E-state index in [4.69, 9.17) is 27.8 Å². The van der Waals surface area contributed by atoms with Gasteiger partial charge in [0.2, 0.25) is 0 Å². The lowest BCUT2D eigenvalue weighted by molar-refractivity contribution is 0.0593. The summed E-state index contributed by atoms with van der Waals surface area (Å²) in [5.41, 5.74) is -0.768.